The van der Waals surface area contributed by atoms with E-state index < -0.39 is 0 Å². The van der Waals surface area contributed by atoms with Crippen molar-refractivity contribution in [2.45, 2.75) is 58.9 Å². The van der Waals surface area contributed by atoms with Crippen molar-refractivity contribution in [2.75, 3.05) is 6.54 Å². The fraction of sp³-hybridized carbons (Fsp3) is 0.833. The Balaban J connectivity index is 2.39. The van der Waals surface area contributed by atoms with Crippen molar-refractivity contribution in [2.24, 2.45) is 0 Å². The average molecular weight is 225 g/mol. The van der Waals surface area contributed by atoms with Gasteiger partial charge in [-0.3, -0.25) is 0 Å². The van der Waals surface area contributed by atoms with Gasteiger partial charge in [-0.05, 0) is 6.42 Å². The van der Waals surface area contributed by atoms with Gasteiger partial charge in [-0.1, -0.05) is 34.1 Å². The van der Waals surface area contributed by atoms with E-state index >= 15 is 0 Å². The lowest BCUT2D eigenvalue weighted by molar-refractivity contribution is 0.408. The SMILES string of the molecule is CCCC(C)c1nnc(CCNC(C)C)o1. The molecule has 1 heterocycles. The molecule has 4 nitrogen and oxygen atoms in total. The normalized spacial score (nSPS) is 13.3. The summed E-state index contributed by atoms with van der Waals surface area (Å²) >= 11 is 0. The van der Waals surface area contributed by atoms with E-state index in [-0.39, 0.29) is 0 Å². The highest BCUT2D eigenvalue weighted by atomic mass is 16.4. The molecule has 1 unspecified atom stereocenters. The van der Waals surface area contributed by atoms with Crippen LogP contribution >= 0.6 is 0 Å². The highest BCUT2D eigenvalue weighted by Crippen LogP contribution is 2.18. The second kappa shape index (κ2) is 6.63. The van der Waals surface area contributed by atoms with Crippen LogP contribution in [0.3, 0.4) is 0 Å². The summed E-state index contributed by atoms with van der Waals surface area (Å²) < 4.78 is 5.62. The van der Waals surface area contributed by atoms with Gasteiger partial charge in [-0.2, -0.15) is 0 Å². The number of hydrogen-bond donors (Lipinski definition) is 1. The zero-order valence-corrected chi connectivity index (χ0v) is 10.8. The summed E-state index contributed by atoms with van der Waals surface area (Å²) in [6, 6.07) is 0.501. The van der Waals surface area contributed by atoms with Crippen LogP contribution in [0.4, 0.5) is 0 Å². The molecule has 16 heavy (non-hydrogen) atoms. The summed E-state index contributed by atoms with van der Waals surface area (Å²) in [7, 11) is 0. The predicted octanol–water partition coefficient (Wildman–Crippen LogP) is 2.51. The number of aromatic nitrogens is 2. The maximum Gasteiger partial charge on any atom is 0.219 e. The Morgan fingerprint density at radius 2 is 2.00 bits per heavy atom. The second-order valence-corrected chi connectivity index (χ2v) is 4.58. The number of nitrogens with zero attached hydrogens (tertiary/aromatic N) is 2. The molecule has 1 atom stereocenters. The quantitative estimate of drug-likeness (QED) is 0.774. The highest BCUT2D eigenvalue weighted by molar-refractivity contribution is 4.89. The molecule has 0 saturated heterocycles. The largest absolute Gasteiger partial charge is 0.425 e. The van der Waals surface area contributed by atoms with Crippen molar-refractivity contribution in [1.82, 2.24) is 15.5 Å². The van der Waals surface area contributed by atoms with Crippen molar-refractivity contribution < 1.29 is 4.42 Å². The van der Waals surface area contributed by atoms with E-state index in [4.69, 9.17) is 4.42 Å². The van der Waals surface area contributed by atoms with Crippen LogP contribution in [-0.4, -0.2) is 22.8 Å². The van der Waals surface area contributed by atoms with Gasteiger partial charge in [0.15, 0.2) is 0 Å². The molecule has 0 amide bonds. The Kier molecular flexibility index (Phi) is 5.46. The molecule has 0 aliphatic carbocycles. The molecule has 1 aromatic heterocycles. The monoisotopic (exact) mass is 225 g/mol. The van der Waals surface area contributed by atoms with Crippen LogP contribution in [0, 0.1) is 0 Å². The standard InChI is InChI=1S/C12H23N3O/c1-5-6-10(4)12-15-14-11(16-12)7-8-13-9(2)3/h9-10,13H,5-8H2,1-4H3. The minimum atomic E-state index is 0.379. The molecule has 1 rings (SSSR count). The van der Waals surface area contributed by atoms with Gasteiger partial charge in [0.2, 0.25) is 11.8 Å². The summed E-state index contributed by atoms with van der Waals surface area (Å²) in [5, 5.41) is 11.5. The third-order valence-corrected chi connectivity index (χ3v) is 2.52. The van der Waals surface area contributed by atoms with Crippen molar-refractivity contribution in [1.29, 1.82) is 0 Å². The number of rotatable bonds is 7. The Hall–Kier alpha value is -0.900. The van der Waals surface area contributed by atoms with E-state index in [9.17, 15) is 0 Å². The van der Waals surface area contributed by atoms with Crippen LogP contribution in [-0.2, 0) is 6.42 Å². The van der Waals surface area contributed by atoms with Crippen molar-refractivity contribution >= 4 is 0 Å². The zero-order valence-electron chi connectivity index (χ0n) is 10.8. The fourth-order valence-electron chi connectivity index (χ4n) is 1.59. The van der Waals surface area contributed by atoms with E-state index in [2.05, 4.69) is 43.2 Å². The zero-order chi connectivity index (χ0) is 12.0. The molecule has 1 N–H and O–H groups in total. The van der Waals surface area contributed by atoms with E-state index in [1.807, 2.05) is 0 Å². The fourth-order valence-corrected chi connectivity index (χ4v) is 1.59. The lowest BCUT2D eigenvalue weighted by Gasteiger charge is -2.05. The first-order chi connectivity index (χ1) is 7.63. The first kappa shape index (κ1) is 13.2. The van der Waals surface area contributed by atoms with E-state index in [1.165, 1.54) is 0 Å². The Labute approximate surface area is 97.8 Å². The van der Waals surface area contributed by atoms with Gasteiger partial charge in [-0.25, -0.2) is 0 Å². The Morgan fingerprint density at radius 1 is 1.25 bits per heavy atom. The molecule has 1 aromatic rings. The van der Waals surface area contributed by atoms with Crippen LogP contribution in [0.1, 0.15) is 58.2 Å². The molecular weight excluding hydrogens is 202 g/mol. The molecule has 0 bridgehead atoms. The summed E-state index contributed by atoms with van der Waals surface area (Å²) in [6.45, 7) is 9.44. The van der Waals surface area contributed by atoms with Gasteiger partial charge in [0.05, 0.1) is 0 Å². The van der Waals surface area contributed by atoms with Gasteiger partial charge < -0.3 is 9.73 Å². The summed E-state index contributed by atoms with van der Waals surface area (Å²) in [4.78, 5) is 0. The van der Waals surface area contributed by atoms with Gasteiger partial charge >= 0.3 is 0 Å². The average Bonchev–Trinajstić information content (AvgIpc) is 2.66. The molecular formula is C12H23N3O. The van der Waals surface area contributed by atoms with Crippen LogP contribution in [0.5, 0.6) is 0 Å². The number of nitrogens with one attached hydrogen (secondary N) is 1. The predicted molar refractivity (Wildman–Crippen MR) is 64.5 cm³/mol. The van der Waals surface area contributed by atoms with Crippen LogP contribution in [0.25, 0.3) is 0 Å². The summed E-state index contributed by atoms with van der Waals surface area (Å²) in [6.07, 6.45) is 3.06. The smallest absolute Gasteiger partial charge is 0.219 e. The molecule has 0 aliphatic rings. The Bertz CT molecular complexity index is 296. The molecule has 0 spiro atoms. The first-order valence-electron chi connectivity index (χ1n) is 6.19. The molecule has 0 aliphatic heterocycles. The second-order valence-electron chi connectivity index (χ2n) is 4.58. The van der Waals surface area contributed by atoms with Crippen LogP contribution in [0.2, 0.25) is 0 Å². The minimum absolute atomic E-state index is 0.379. The number of hydrogen-bond acceptors (Lipinski definition) is 4. The van der Waals surface area contributed by atoms with Gasteiger partial charge in [0.25, 0.3) is 0 Å². The third-order valence-electron chi connectivity index (χ3n) is 2.52. The lowest BCUT2D eigenvalue weighted by atomic mass is 10.1. The van der Waals surface area contributed by atoms with Gasteiger partial charge in [-0.15, -0.1) is 10.2 Å². The molecule has 0 radical (unpaired) electrons. The first-order valence-corrected chi connectivity index (χ1v) is 6.19. The molecule has 92 valence electrons. The molecule has 4 heteroatoms. The van der Waals surface area contributed by atoms with Gasteiger partial charge in [0.1, 0.15) is 0 Å². The third kappa shape index (κ3) is 4.31. The molecule has 0 fully saturated rings. The van der Waals surface area contributed by atoms with Gasteiger partial charge in [0, 0.05) is 24.9 Å². The van der Waals surface area contributed by atoms with E-state index in [0.717, 1.165) is 37.6 Å². The maximum absolute atomic E-state index is 5.62. The Morgan fingerprint density at radius 3 is 2.62 bits per heavy atom. The summed E-state index contributed by atoms with van der Waals surface area (Å²) in [5.74, 6) is 1.90. The van der Waals surface area contributed by atoms with E-state index in [1.54, 1.807) is 0 Å². The van der Waals surface area contributed by atoms with Crippen molar-refractivity contribution in [3.8, 4) is 0 Å². The lowest BCUT2D eigenvalue weighted by Crippen LogP contribution is -2.25. The maximum atomic E-state index is 5.62. The van der Waals surface area contributed by atoms with Crippen molar-refractivity contribution in [3.05, 3.63) is 11.8 Å². The summed E-state index contributed by atoms with van der Waals surface area (Å²) in [5.41, 5.74) is 0. The van der Waals surface area contributed by atoms with Crippen molar-refractivity contribution in [3.63, 3.8) is 0 Å². The highest BCUT2D eigenvalue weighted by Gasteiger charge is 2.12. The molecule has 0 aromatic carbocycles. The van der Waals surface area contributed by atoms with Crippen LogP contribution in [0.15, 0.2) is 4.42 Å². The molecule has 0 saturated carbocycles. The van der Waals surface area contributed by atoms with E-state index in [0.29, 0.717) is 12.0 Å². The van der Waals surface area contributed by atoms with Crippen LogP contribution < -0.4 is 5.32 Å². The minimum Gasteiger partial charge on any atom is -0.425 e. The topological polar surface area (TPSA) is 51.0 Å².